The minimum Gasteiger partial charge on any atom is -0.481 e. The van der Waals surface area contributed by atoms with E-state index in [9.17, 15) is 20.1 Å². The monoisotopic (exact) mass is 352 g/mol. The van der Waals surface area contributed by atoms with E-state index in [2.05, 4.69) is 0 Å². The molecule has 3 unspecified atom stereocenters. The Kier molecular flexibility index (Phi) is 14.7. The van der Waals surface area contributed by atoms with Gasteiger partial charge in [-0.15, -0.1) is 0 Å². The fraction of sp³-hybridized carbons (Fsp3) is 0.550. The molecule has 0 aliphatic carbocycles. The number of carbonyl (C=O) groups is 1. The quantitative estimate of drug-likeness (QED) is 0.284. The zero-order chi connectivity index (χ0) is 18.9. The summed E-state index contributed by atoms with van der Waals surface area (Å²) in [7, 11) is 0. The minimum atomic E-state index is -0.854. The summed E-state index contributed by atoms with van der Waals surface area (Å²) in [6.07, 6.45) is 16.4. The van der Waals surface area contributed by atoms with E-state index in [0.29, 0.717) is 19.3 Å². The zero-order valence-electron chi connectivity index (χ0n) is 15.0. The van der Waals surface area contributed by atoms with Crippen molar-refractivity contribution in [3.05, 3.63) is 48.6 Å². The van der Waals surface area contributed by atoms with Crippen molar-refractivity contribution in [3.63, 3.8) is 0 Å². The highest BCUT2D eigenvalue weighted by Gasteiger charge is 2.01. The molecular weight excluding hydrogens is 320 g/mol. The van der Waals surface area contributed by atoms with Crippen LogP contribution < -0.4 is 0 Å². The number of rotatable bonds is 14. The first-order chi connectivity index (χ1) is 12.0. The van der Waals surface area contributed by atoms with E-state index in [1.54, 1.807) is 36.5 Å². The fourth-order valence-electron chi connectivity index (χ4n) is 2.00. The van der Waals surface area contributed by atoms with Gasteiger partial charge in [-0.3, -0.25) is 4.79 Å². The molecule has 0 bridgehead atoms. The van der Waals surface area contributed by atoms with Crippen LogP contribution in [0.5, 0.6) is 0 Å². The summed E-state index contributed by atoms with van der Waals surface area (Å²) in [5.41, 5.74) is 0. The van der Waals surface area contributed by atoms with E-state index in [4.69, 9.17) is 5.11 Å². The largest absolute Gasteiger partial charge is 0.481 e. The van der Waals surface area contributed by atoms with Crippen LogP contribution in [-0.4, -0.2) is 44.7 Å². The zero-order valence-corrected chi connectivity index (χ0v) is 15.0. The van der Waals surface area contributed by atoms with E-state index in [1.807, 2.05) is 19.1 Å². The normalized spacial score (nSPS) is 16.3. The van der Waals surface area contributed by atoms with Crippen molar-refractivity contribution in [3.8, 4) is 0 Å². The van der Waals surface area contributed by atoms with E-state index in [1.165, 1.54) is 0 Å². The topological polar surface area (TPSA) is 98.0 Å². The van der Waals surface area contributed by atoms with Gasteiger partial charge in [-0.1, -0.05) is 55.5 Å². The highest BCUT2D eigenvalue weighted by Crippen LogP contribution is 2.04. The molecule has 0 amide bonds. The maximum absolute atomic E-state index is 10.4. The van der Waals surface area contributed by atoms with Crippen LogP contribution in [0, 0.1) is 0 Å². The van der Waals surface area contributed by atoms with Crippen LogP contribution in [0.1, 0.15) is 51.9 Å². The van der Waals surface area contributed by atoms with Crippen molar-refractivity contribution in [1.82, 2.24) is 0 Å². The van der Waals surface area contributed by atoms with Gasteiger partial charge in [0, 0.05) is 6.42 Å². The maximum atomic E-state index is 10.4. The molecule has 0 saturated heterocycles. The summed E-state index contributed by atoms with van der Waals surface area (Å²) < 4.78 is 0. The van der Waals surface area contributed by atoms with Gasteiger partial charge in [0.15, 0.2) is 0 Å². The number of aliphatic carboxylic acids is 1. The lowest BCUT2D eigenvalue weighted by Gasteiger charge is -2.04. The highest BCUT2D eigenvalue weighted by molar-refractivity contribution is 5.66. The SMILES string of the molecule is CCC(O)CCC=CCC(O)C=CC=CC=CC(O)CCCC(=O)O. The van der Waals surface area contributed by atoms with E-state index < -0.39 is 18.2 Å². The minimum absolute atomic E-state index is 0.0645. The van der Waals surface area contributed by atoms with Gasteiger partial charge in [0.1, 0.15) is 0 Å². The molecular formula is C20H32O5. The summed E-state index contributed by atoms with van der Waals surface area (Å²) in [4.78, 5) is 10.4. The van der Waals surface area contributed by atoms with Gasteiger partial charge < -0.3 is 20.4 Å². The van der Waals surface area contributed by atoms with Crippen LogP contribution in [-0.2, 0) is 4.79 Å². The first-order valence-electron chi connectivity index (χ1n) is 8.88. The summed E-state index contributed by atoms with van der Waals surface area (Å²) in [5.74, 6) is -0.854. The Morgan fingerprint density at radius 1 is 0.920 bits per heavy atom. The van der Waals surface area contributed by atoms with Gasteiger partial charge in [-0.25, -0.2) is 0 Å². The summed E-state index contributed by atoms with van der Waals surface area (Å²) in [5, 5.41) is 37.3. The number of carboxylic acid groups (broad SMARTS) is 1. The van der Waals surface area contributed by atoms with Crippen molar-refractivity contribution in [2.75, 3.05) is 0 Å². The van der Waals surface area contributed by atoms with Gasteiger partial charge in [0.2, 0.25) is 0 Å². The van der Waals surface area contributed by atoms with Crippen LogP contribution in [0.4, 0.5) is 0 Å². The molecule has 4 N–H and O–H groups in total. The van der Waals surface area contributed by atoms with E-state index in [0.717, 1.165) is 19.3 Å². The summed E-state index contributed by atoms with van der Waals surface area (Å²) in [6, 6.07) is 0. The molecule has 5 nitrogen and oxygen atoms in total. The van der Waals surface area contributed by atoms with Crippen LogP contribution in [0.2, 0.25) is 0 Å². The van der Waals surface area contributed by atoms with Crippen LogP contribution in [0.15, 0.2) is 48.6 Å². The van der Waals surface area contributed by atoms with Gasteiger partial charge in [-0.05, 0) is 38.5 Å². The second kappa shape index (κ2) is 15.8. The number of carboxylic acids is 1. The molecule has 0 aromatic rings. The number of hydrogen-bond donors (Lipinski definition) is 4. The Morgan fingerprint density at radius 3 is 2.16 bits per heavy atom. The lowest BCUT2D eigenvalue weighted by molar-refractivity contribution is -0.137. The van der Waals surface area contributed by atoms with E-state index in [-0.39, 0.29) is 12.5 Å². The Hall–Kier alpha value is -1.69. The molecule has 142 valence electrons. The Balaban J connectivity index is 3.86. The molecule has 0 rings (SSSR count). The van der Waals surface area contributed by atoms with Gasteiger partial charge in [0.05, 0.1) is 18.3 Å². The second-order valence-corrected chi connectivity index (χ2v) is 5.92. The molecule has 0 aromatic carbocycles. The lowest BCUT2D eigenvalue weighted by atomic mass is 10.1. The van der Waals surface area contributed by atoms with Crippen molar-refractivity contribution < 1.29 is 25.2 Å². The maximum Gasteiger partial charge on any atom is 0.303 e. The molecule has 0 radical (unpaired) electrons. The Labute approximate surface area is 150 Å². The van der Waals surface area contributed by atoms with Gasteiger partial charge in [0.25, 0.3) is 0 Å². The number of hydrogen-bond acceptors (Lipinski definition) is 4. The first kappa shape index (κ1) is 23.3. The lowest BCUT2D eigenvalue weighted by Crippen LogP contribution is -2.03. The third kappa shape index (κ3) is 16.9. The van der Waals surface area contributed by atoms with Crippen LogP contribution >= 0.6 is 0 Å². The van der Waals surface area contributed by atoms with Crippen LogP contribution in [0.3, 0.4) is 0 Å². The van der Waals surface area contributed by atoms with Crippen molar-refractivity contribution in [2.24, 2.45) is 0 Å². The number of aliphatic hydroxyl groups excluding tert-OH is 3. The molecule has 0 heterocycles. The second-order valence-electron chi connectivity index (χ2n) is 5.92. The van der Waals surface area contributed by atoms with Gasteiger partial charge >= 0.3 is 5.97 Å². The fourth-order valence-corrected chi connectivity index (χ4v) is 2.00. The smallest absolute Gasteiger partial charge is 0.303 e. The third-order valence-corrected chi connectivity index (χ3v) is 3.57. The van der Waals surface area contributed by atoms with Gasteiger partial charge in [-0.2, -0.15) is 0 Å². The van der Waals surface area contributed by atoms with Crippen molar-refractivity contribution in [1.29, 1.82) is 0 Å². The predicted octanol–water partition coefficient (Wildman–Crippen LogP) is 3.13. The average molecular weight is 352 g/mol. The highest BCUT2D eigenvalue weighted by atomic mass is 16.4. The molecule has 0 spiro atoms. The molecule has 0 aliphatic heterocycles. The molecule has 0 aromatic heterocycles. The Bertz CT molecular complexity index is 451. The molecule has 25 heavy (non-hydrogen) atoms. The molecule has 0 saturated carbocycles. The molecule has 0 fully saturated rings. The average Bonchev–Trinajstić information content (AvgIpc) is 2.57. The standard InChI is InChI=1S/C20H32O5/c1-2-17(21)11-8-5-9-14-18(22)12-6-3-4-7-13-19(23)15-10-16-20(24)25/h3-7,9,12-13,17-19,21-23H,2,8,10-11,14-16H2,1H3,(H,24,25). The number of aliphatic hydroxyl groups is 3. The third-order valence-electron chi connectivity index (χ3n) is 3.57. The molecule has 5 heteroatoms. The summed E-state index contributed by atoms with van der Waals surface area (Å²) >= 11 is 0. The molecule has 0 aliphatic rings. The Morgan fingerprint density at radius 2 is 1.56 bits per heavy atom. The molecule has 3 atom stereocenters. The van der Waals surface area contributed by atoms with Crippen molar-refractivity contribution >= 4 is 5.97 Å². The predicted molar refractivity (Wildman–Crippen MR) is 100 cm³/mol. The summed E-state index contributed by atoms with van der Waals surface area (Å²) in [6.45, 7) is 1.95. The number of allylic oxidation sites excluding steroid dienone is 5. The van der Waals surface area contributed by atoms with Crippen LogP contribution in [0.25, 0.3) is 0 Å². The van der Waals surface area contributed by atoms with E-state index >= 15 is 0 Å². The van der Waals surface area contributed by atoms with Crippen molar-refractivity contribution in [2.45, 2.75) is 70.2 Å². The first-order valence-corrected chi connectivity index (χ1v) is 8.88.